The van der Waals surface area contributed by atoms with E-state index in [4.69, 9.17) is 4.74 Å². The molecule has 25 heavy (non-hydrogen) atoms. The van der Waals surface area contributed by atoms with E-state index >= 15 is 0 Å². The van der Waals surface area contributed by atoms with Gasteiger partial charge in [-0.1, -0.05) is 31.4 Å². The average molecular weight is 338 g/mol. The van der Waals surface area contributed by atoms with Crippen molar-refractivity contribution in [2.24, 2.45) is 0 Å². The van der Waals surface area contributed by atoms with Crippen molar-refractivity contribution in [2.45, 2.75) is 58.0 Å². The lowest BCUT2D eigenvalue weighted by Crippen LogP contribution is -2.45. The average Bonchev–Trinajstić information content (AvgIpc) is 2.63. The molecule has 2 aromatic rings. The van der Waals surface area contributed by atoms with Crippen LogP contribution in [0, 0.1) is 0 Å². The summed E-state index contributed by atoms with van der Waals surface area (Å²) in [6.07, 6.45) is 7.61. The number of hydrogen-bond donors (Lipinski definition) is 0. The molecular weight excluding hydrogens is 312 g/mol. The second kappa shape index (κ2) is 8.15. The van der Waals surface area contributed by atoms with Crippen molar-refractivity contribution in [2.75, 3.05) is 0 Å². The van der Waals surface area contributed by atoms with Crippen molar-refractivity contribution >= 4 is 5.91 Å². The Kier molecular flexibility index (Phi) is 5.69. The monoisotopic (exact) mass is 338 g/mol. The largest absolute Gasteiger partial charge is 0.439 e. The fourth-order valence-corrected chi connectivity index (χ4v) is 3.55. The maximum Gasteiger partial charge on any atom is 0.254 e. The van der Waals surface area contributed by atoms with Gasteiger partial charge >= 0.3 is 0 Å². The second-order valence-corrected chi connectivity index (χ2v) is 6.90. The fraction of sp³-hybridized carbons (Fsp3) is 0.429. The number of nitrogens with zero attached hydrogens (tertiary/aromatic N) is 2. The lowest BCUT2D eigenvalue weighted by molar-refractivity contribution is 0.0555. The molecule has 1 aliphatic rings. The summed E-state index contributed by atoms with van der Waals surface area (Å²) in [6.45, 7) is 4.20. The van der Waals surface area contributed by atoms with Gasteiger partial charge in [0, 0.05) is 29.9 Å². The number of carbonyl (C=O) groups is 1. The first-order valence-electron chi connectivity index (χ1n) is 9.17. The summed E-state index contributed by atoms with van der Waals surface area (Å²) in [4.78, 5) is 19.4. The summed E-state index contributed by atoms with van der Waals surface area (Å²) >= 11 is 0. The van der Waals surface area contributed by atoms with Gasteiger partial charge in [-0.2, -0.15) is 0 Å². The van der Waals surface area contributed by atoms with Gasteiger partial charge in [0.15, 0.2) is 0 Å². The van der Waals surface area contributed by atoms with Crippen molar-refractivity contribution in [1.29, 1.82) is 0 Å². The normalized spacial score (nSPS) is 15.2. The molecule has 0 bridgehead atoms. The lowest BCUT2D eigenvalue weighted by atomic mass is 9.93. The molecule has 0 atom stereocenters. The first-order chi connectivity index (χ1) is 12.1. The molecule has 1 aromatic carbocycles. The third-order valence-electron chi connectivity index (χ3n) is 4.70. The van der Waals surface area contributed by atoms with Crippen LogP contribution in [0.25, 0.3) is 0 Å². The Bertz CT molecular complexity index is 694. The van der Waals surface area contributed by atoms with Crippen molar-refractivity contribution in [3.05, 3.63) is 54.2 Å². The number of benzene rings is 1. The van der Waals surface area contributed by atoms with E-state index in [1.165, 1.54) is 19.3 Å². The molecule has 0 saturated heterocycles. The summed E-state index contributed by atoms with van der Waals surface area (Å²) in [6, 6.07) is 13.5. The highest BCUT2D eigenvalue weighted by Crippen LogP contribution is 2.27. The molecule has 132 valence electrons. The van der Waals surface area contributed by atoms with Crippen LogP contribution in [0.15, 0.2) is 48.7 Å². The summed E-state index contributed by atoms with van der Waals surface area (Å²) < 4.78 is 5.77. The Labute approximate surface area is 149 Å². The lowest BCUT2D eigenvalue weighted by Gasteiger charge is -2.37. The second-order valence-electron chi connectivity index (χ2n) is 6.90. The van der Waals surface area contributed by atoms with Gasteiger partial charge in [-0.3, -0.25) is 4.79 Å². The molecular formula is C21H26N2O2. The molecule has 4 heteroatoms. The van der Waals surface area contributed by atoms with Gasteiger partial charge in [0.1, 0.15) is 5.75 Å². The topological polar surface area (TPSA) is 42.4 Å². The SMILES string of the molecule is CC(C)N(C(=O)c1cccc(Oc2ccccn2)c1)C1CCCCC1. The predicted octanol–water partition coefficient (Wildman–Crippen LogP) is 5.06. The van der Waals surface area contributed by atoms with E-state index in [1.54, 1.807) is 12.3 Å². The van der Waals surface area contributed by atoms with E-state index in [9.17, 15) is 4.79 Å². The zero-order valence-electron chi connectivity index (χ0n) is 15.0. The van der Waals surface area contributed by atoms with Crippen LogP contribution in [-0.2, 0) is 0 Å². The van der Waals surface area contributed by atoms with E-state index < -0.39 is 0 Å². The van der Waals surface area contributed by atoms with Crippen LogP contribution in [0.5, 0.6) is 11.6 Å². The number of pyridine rings is 1. The number of carbonyl (C=O) groups excluding carboxylic acids is 1. The number of amides is 1. The first kappa shape index (κ1) is 17.5. The third-order valence-corrected chi connectivity index (χ3v) is 4.70. The van der Waals surface area contributed by atoms with Gasteiger partial charge in [0.25, 0.3) is 5.91 Å². The van der Waals surface area contributed by atoms with Gasteiger partial charge in [-0.05, 0) is 51.0 Å². The van der Waals surface area contributed by atoms with Crippen molar-refractivity contribution in [3.8, 4) is 11.6 Å². The van der Waals surface area contributed by atoms with Gasteiger partial charge in [-0.15, -0.1) is 0 Å². The summed E-state index contributed by atoms with van der Waals surface area (Å²) in [5.41, 5.74) is 0.674. The maximum absolute atomic E-state index is 13.1. The van der Waals surface area contributed by atoms with Crippen LogP contribution in [-0.4, -0.2) is 27.9 Å². The van der Waals surface area contributed by atoms with Crippen LogP contribution < -0.4 is 4.74 Å². The molecule has 1 fully saturated rings. The van der Waals surface area contributed by atoms with E-state index in [0.717, 1.165) is 12.8 Å². The number of rotatable bonds is 5. The van der Waals surface area contributed by atoms with Gasteiger partial charge in [0.2, 0.25) is 5.88 Å². The van der Waals surface area contributed by atoms with Crippen LogP contribution in [0.4, 0.5) is 0 Å². The Balaban J connectivity index is 1.79. The Morgan fingerprint density at radius 3 is 2.60 bits per heavy atom. The maximum atomic E-state index is 13.1. The van der Waals surface area contributed by atoms with Gasteiger partial charge in [-0.25, -0.2) is 4.98 Å². The zero-order chi connectivity index (χ0) is 17.6. The van der Waals surface area contributed by atoms with Gasteiger partial charge in [0.05, 0.1) is 0 Å². The first-order valence-corrected chi connectivity index (χ1v) is 9.17. The standard InChI is InChI=1S/C21H26N2O2/c1-16(2)23(18-10-4-3-5-11-18)21(24)17-9-8-12-19(15-17)25-20-13-6-7-14-22-20/h6-9,12-16,18H,3-5,10-11H2,1-2H3. The zero-order valence-corrected chi connectivity index (χ0v) is 15.0. The highest BCUT2D eigenvalue weighted by Gasteiger charge is 2.28. The fourth-order valence-electron chi connectivity index (χ4n) is 3.55. The Morgan fingerprint density at radius 2 is 1.92 bits per heavy atom. The Hall–Kier alpha value is -2.36. The molecule has 1 amide bonds. The van der Waals surface area contributed by atoms with E-state index in [2.05, 4.69) is 23.7 Å². The molecule has 0 radical (unpaired) electrons. The Morgan fingerprint density at radius 1 is 1.12 bits per heavy atom. The molecule has 1 aromatic heterocycles. The van der Waals surface area contributed by atoms with E-state index in [-0.39, 0.29) is 11.9 Å². The minimum absolute atomic E-state index is 0.0911. The molecule has 4 nitrogen and oxygen atoms in total. The summed E-state index contributed by atoms with van der Waals surface area (Å²) in [7, 11) is 0. The molecule has 0 N–H and O–H groups in total. The van der Waals surface area contributed by atoms with E-state index in [1.807, 2.05) is 36.4 Å². The molecule has 0 aliphatic heterocycles. The van der Waals surface area contributed by atoms with E-state index in [0.29, 0.717) is 23.2 Å². The number of ether oxygens (including phenoxy) is 1. The predicted molar refractivity (Wildman–Crippen MR) is 98.9 cm³/mol. The van der Waals surface area contributed by atoms with Crippen molar-refractivity contribution in [3.63, 3.8) is 0 Å². The van der Waals surface area contributed by atoms with Crippen LogP contribution in [0.1, 0.15) is 56.3 Å². The minimum atomic E-state index is 0.0911. The van der Waals surface area contributed by atoms with Crippen molar-refractivity contribution in [1.82, 2.24) is 9.88 Å². The molecule has 3 rings (SSSR count). The van der Waals surface area contributed by atoms with Crippen LogP contribution in [0.2, 0.25) is 0 Å². The molecule has 1 aliphatic carbocycles. The molecule has 0 unspecified atom stereocenters. The third kappa shape index (κ3) is 4.38. The molecule has 1 heterocycles. The summed E-state index contributed by atoms with van der Waals surface area (Å²) in [5.74, 6) is 1.25. The minimum Gasteiger partial charge on any atom is -0.439 e. The van der Waals surface area contributed by atoms with Crippen LogP contribution >= 0.6 is 0 Å². The van der Waals surface area contributed by atoms with Gasteiger partial charge < -0.3 is 9.64 Å². The number of aromatic nitrogens is 1. The highest BCUT2D eigenvalue weighted by molar-refractivity contribution is 5.95. The smallest absolute Gasteiger partial charge is 0.254 e. The summed E-state index contributed by atoms with van der Waals surface area (Å²) in [5, 5.41) is 0. The van der Waals surface area contributed by atoms with Crippen molar-refractivity contribution < 1.29 is 9.53 Å². The molecule has 0 spiro atoms. The quantitative estimate of drug-likeness (QED) is 0.765. The highest BCUT2D eigenvalue weighted by atomic mass is 16.5. The van der Waals surface area contributed by atoms with Crippen LogP contribution in [0.3, 0.4) is 0 Å². The number of hydrogen-bond acceptors (Lipinski definition) is 3. The molecule has 1 saturated carbocycles.